The Morgan fingerprint density at radius 2 is 1.96 bits per heavy atom. The van der Waals surface area contributed by atoms with E-state index < -0.39 is 0 Å². The zero-order valence-corrected chi connectivity index (χ0v) is 13.2. The van der Waals surface area contributed by atoms with Crippen molar-refractivity contribution < 1.29 is 4.74 Å². The quantitative estimate of drug-likeness (QED) is 0.560. The van der Waals surface area contributed by atoms with E-state index in [2.05, 4.69) is 31.3 Å². The summed E-state index contributed by atoms with van der Waals surface area (Å²) in [6, 6.07) is 6.13. The van der Waals surface area contributed by atoms with Crippen molar-refractivity contribution >= 4 is 33.3 Å². The topological polar surface area (TPSA) is 89.2 Å². The first-order valence-corrected chi connectivity index (χ1v) is 8.18. The molecule has 0 saturated carbocycles. The third-order valence-corrected chi connectivity index (χ3v) is 4.86. The van der Waals surface area contributed by atoms with E-state index >= 15 is 0 Å². The number of hydrogen-bond acceptors (Lipinski definition) is 8. The molecule has 4 rings (SSSR count). The van der Waals surface area contributed by atoms with Crippen LogP contribution in [0.15, 0.2) is 30.6 Å². The Morgan fingerprint density at radius 1 is 1.17 bits per heavy atom. The van der Waals surface area contributed by atoms with Crippen LogP contribution in [0.2, 0.25) is 0 Å². The summed E-state index contributed by atoms with van der Waals surface area (Å²) in [5.74, 6) is 6.87. The normalized spacial score (nSPS) is 15.1. The average molecular weight is 328 g/mol. The Bertz CT molecular complexity index is 815. The summed E-state index contributed by atoms with van der Waals surface area (Å²) in [5.41, 5.74) is 3.69. The third-order valence-electron chi connectivity index (χ3n) is 3.78. The smallest absolute Gasteiger partial charge is 0.240 e. The number of nitrogen functional groups attached to an aromatic ring is 1. The van der Waals surface area contributed by atoms with Gasteiger partial charge in [-0.3, -0.25) is 10.4 Å². The number of aromatic nitrogens is 3. The van der Waals surface area contributed by atoms with E-state index in [1.54, 1.807) is 23.7 Å². The van der Waals surface area contributed by atoms with Gasteiger partial charge in [-0.2, -0.15) is 4.98 Å². The first kappa shape index (κ1) is 14.3. The minimum Gasteiger partial charge on any atom is -0.378 e. The number of anilines is 2. The fourth-order valence-electron chi connectivity index (χ4n) is 2.65. The van der Waals surface area contributed by atoms with Gasteiger partial charge in [0.25, 0.3) is 0 Å². The van der Waals surface area contributed by atoms with Crippen LogP contribution in [0.5, 0.6) is 0 Å². The highest BCUT2D eigenvalue weighted by molar-refractivity contribution is 7.21. The molecule has 1 saturated heterocycles. The molecule has 0 atom stereocenters. The average Bonchev–Trinajstić information content (AvgIpc) is 3.06. The molecule has 1 fully saturated rings. The number of nitrogens with zero attached hydrogens (tertiary/aromatic N) is 4. The molecule has 0 aliphatic carbocycles. The van der Waals surface area contributed by atoms with Gasteiger partial charge in [-0.25, -0.2) is 10.8 Å². The number of hydrogen-bond donors (Lipinski definition) is 2. The van der Waals surface area contributed by atoms with Crippen molar-refractivity contribution in [1.82, 2.24) is 15.0 Å². The van der Waals surface area contributed by atoms with Crippen molar-refractivity contribution in [1.29, 1.82) is 0 Å². The Kier molecular flexibility index (Phi) is 3.78. The SMILES string of the molecule is NNc1nc(N2CCOCC2)c2cc(-c3ccncc3)sc2n1. The monoisotopic (exact) mass is 328 g/mol. The highest BCUT2D eigenvalue weighted by Crippen LogP contribution is 2.37. The molecule has 23 heavy (non-hydrogen) atoms. The predicted octanol–water partition coefficient (Wildman–Crippen LogP) is 1.88. The zero-order chi connectivity index (χ0) is 15.6. The van der Waals surface area contributed by atoms with Gasteiger partial charge in [-0.1, -0.05) is 0 Å². The maximum Gasteiger partial charge on any atom is 0.240 e. The second-order valence-corrected chi connectivity index (χ2v) is 6.21. The van der Waals surface area contributed by atoms with Gasteiger partial charge in [0.05, 0.1) is 18.6 Å². The van der Waals surface area contributed by atoms with E-state index in [-0.39, 0.29) is 0 Å². The van der Waals surface area contributed by atoms with Gasteiger partial charge in [-0.15, -0.1) is 11.3 Å². The van der Waals surface area contributed by atoms with Crippen LogP contribution >= 0.6 is 11.3 Å². The van der Waals surface area contributed by atoms with E-state index in [0.717, 1.165) is 39.6 Å². The fourth-order valence-corrected chi connectivity index (χ4v) is 3.68. The van der Waals surface area contributed by atoms with Crippen molar-refractivity contribution in [3.8, 4) is 10.4 Å². The highest BCUT2D eigenvalue weighted by Gasteiger charge is 2.19. The third kappa shape index (κ3) is 2.72. The van der Waals surface area contributed by atoms with Crippen molar-refractivity contribution in [2.75, 3.05) is 36.6 Å². The van der Waals surface area contributed by atoms with Gasteiger partial charge in [0.2, 0.25) is 5.95 Å². The Labute approximate surface area is 137 Å². The van der Waals surface area contributed by atoms with Crippen molar-refractivity contribution in [3.05, 3.63) is 30.6 Å². The van der Waals surface area contributed by atoms with Crippen LogP contribution in [0.25, 0.3) is 20.7 Å². The molecule has 3 N–H and O–H groups in total. The lowest BCUT2D eigenvalue weighted by molar-refractivity contribution is 0.122. The van der Waals surface area contributed by atoms with Gasteiger partial charge in [0, 0.05) is 30.4 Å². The number of ether oxygens (including phenoxy) is 1. The maximum absolute atomic E-state index is 5.54. The molecule has 0 radical (unpaired) electrons. The van der Waals surface area contributed by atoms with Crippen LogP contribution in [0.4, 0.5) is 11.8 Å². The summed E-state index contributed by atoms with van der Waals surface area (Å²) in [6.07, 6.45) is 3.59. The largest absolute Gasteiger partial charge is 0.378 e. The number of hydrazine groups is 1. The van der Waals surface area contributed by atoms with E-state index in [4.69, 9.17) is 10.6 Å². The number of rotatable bonds is 3. The Morgan fingerprint density at radius 3 is 2.70 bits per heavy atom. The van der Waals surface area contributed by atoms with E-state index in [0.29, 0.717) is 19.2 Å². The van der Waals surface area contributed by atoms with E-state index in [1.165, 1.54) is 0 Å². The summed E-state index contributed by atoms with van der Waals surface area (Å²) < 4.78 is 5.43. The van der Waals surface area contributed by atoms with Gasteiger partial charge in [0.1, 0.15) is 10.6 Å². The molecule has 0 spiro atoms. The standard InChI is InChI=1S/C15H16N6OS/c16-20-15-18-13(21-5-7-22-8-6-21)11-9-12(23-14(11)19-15)10-1-3-17-4-2-10/h1-4,9H,5-8,16H2,(H,18,19,20). The molecular formula is C15H16N6OS. The van der Waals surface area contributed by atoms with E-state index in [9.17, 15) is 0 Å². The van der Waals surface area contributed by atoms with Crippen molar-refractivity contribution in [2.45, 2.75) is 0 Å². The first-order chi connectivity index (χ1) is 11.3. The summed E-state index contributed by atoms with van der Waals surface area (Å²) in [4.78, 5) is 17.4. The van der Waals surface area contributed by atoms with Crippen LogP contribution in [0, 0.1) is 0 Å². The number of fused-ring (bicyclic) bond motifs is 1. The minimum absolute atomic E-state index is 0.433. The van der Waals surface area contributed by atoms with Crippen LogP contribution in [0.3, 0.4) is 0 Å². The molecule has 1 aliphatic rings. The van der Waals surface area contributed by atoms with Gasteiger partial charge in [0.15, 0.2) is 0 Å². The second-order valence-electron chi connectivity index (χ2n) is 5.18. The molecule has 1 aliphatic heterocycles. The summed E-state index contributed by atoms with van der Waals surface area (Å²) in [7, 11) is 0. The van der Waals surface area contributed by atoms with Crippen LogP contribution in [0.1, 0.15) is 0 Å². The Hall–Kier alpha value is -2.29. The zero-order valence-electron chi connectivity index (χ0n) is 12.4. The number of nitrogens with two attached hydrogens (primary N) is 1. The molecule has 3 aromatic heterocycles. The molecule has 8 heteroatoms. The van der Waals surface area contributed by atoms with E-state index in [1.807, 2.05) is 12.1 Å². The Balaban J connectivity index is 1.85. The summed E-state index contributed by atoms with van der Waals surface area (Å²) in [6.45, 7) is 3.05. The predicted molar refractivity (Wildman–Crippen MR) is 91.5 cm³/mol. The molecule has 0 aromatic carbocycles. The number of thiophene rings is 1. The molecule has 4 heterocycles. The van der Waals surface area contributed by atoms with Gasteiger partial charge >= 0.3 is 0 Å². The lowest BCUT2D eigenvalue weighted by Crippen LogP contribution is -2.37. The number of morpholine rings is 1. The lowest BCUT2D eigenvalue weighted by Gasteiger charge is -2.28. The molecule has 0 unspecified atom stereocenters. The number of nitrogens with one attached hydrogen (secondary N) is 1. The lowest BCUT2D eigenvalue weighted by atomic mass is 10.2. The molecular weight excluding hydrogens is 312 g/mol. The molecule has 0 amide bonds. The van der Waals surface area contributed by atoms with Gasteiger partial charge < -0.3 is 9.64 Å². The van der Waals surface area contributed by atoms with Crippen molar-refractivity contribution in [2.24, 2.45) is 5.84 Å². The first-order valence-electron chi connectivity index (χ1n) is 7.36. The fraction of sp³-hybridized carbons (Fsp3) is 0.267. The summed E-state index contributed by atoms with van der Waals surface area (Å²) >= 11 is 1.63. The molecule has 7 nitrogen and oxygen atoms in total. The molecule has 3 aromatic rings. The maximum atomic E-state index is 5.54. The molecule has 0 bridgehead atoms. The van der Waals surface area contributed by atoms with Crippen LogP contribution in [-0.2, 0) is 4.74 Å². The van der Waals surface area contributed by atoms with Crippen LogP contribution in [-0.4, -0.2) is 41.3 Å². The van der Waals surface area contributed by atoms with Gasteiger partial charge in [-0.05, 0) is 23.8 Å². The number of pyridine rings is 1. The summed E-state index contributed by atoms with van der Waals surface area (Å²) in [5, 5.41) is 1.04. The van der Waals surface area contributed by atoms with Crippen LogP contribution < -0.4 is 16.2 Å². The minimum atomic E-state index is 0.433. The second kappa shape index (κ2) is 6.07. The molecule has 118 valence electrons. The highest BCUT2D eigenvalue weighted by atomic mass is 32.1. The van der Waals surface area contributed by atoms with Crippen molar-refractivity contribution in [3.63, 3.8) is 0 Å².